The van der Waals surface area contributed by atoms with Crippen molar-refractivity contribution in [2.24, 2.45) is 0 Å². The Hall–Kier alpha value is -1.71. The summed E-state index contributed by atoms with van der Waals surface area (Å²) in [6.45, 7) is 0.856. The summed E-state index contributed by atoms with van der Waals surface area (Å²) in [4.78, 5) is 11.7. The molecule has 0 aliphatic heterocycles. The number of nitro benzene ring substituents is 1. The lowest BCUT2D eigenvalue weighted by molar-refractivity contribution is -0.384. The van der Waals surface area contributed by atoms with Gasteiger partial charge < -0.3 is 10.6 Å². The standard InChI is InChI=1S/C11H18N4O4S/c1-13(2)6-7-14(3)20(18,19)11-5-4-9(15(16)17)8-10(11)12/h4-5,8H,6-7,12H2,1-3H3. The molecule has 0 unspecified atom stereocenters. The number of rotatable bonds is 6. The maximum atomic E-state index is 12.3. The number of likely N-dealkylation sites (N-methyl/N-ethyl adjacent to an activating group) is 2. The normalized spacial score (nSPS) is 12.1. The van der Waals surface area contributed by atoms with Gasteiger partial charge in [0, 0.05) is 32.3 Å². The molecule has 0 heterocycles. The summed E-state index contributed by atoms with van der Waals surface area (Å²) in [5, 5.41) is 10.6. The van der Waals surface area contributed by atoms with E-state index in [1.165, 1.54) is 11.4 Å². The predicted molar refractivity (Wildman–Crippen MR) is 75.9 cm³/mol. The van der Waals surface area contributed by atoms with Gasteiger partial charge in [0.25, 0.3) is 5.69 Å². The lowest BCUT2D eigenvalue weighted by Crippen LogP contribution is -2.33. The van der Waals surface area contributed by atoms with Crippen molar-refractivity contribution in [1.82, 2.24) is 9.21 Å². The Labute approximate surface area is 118 Å². The van der Waals surface area contributed by atoms with Crippen molar-refractivity contribution < 1.29 is 13.3 Å². The van der Waals surface area contributed by atoms with Crippen LogP contribution in [0.4, 0.5) is 11.4 Å². The van der Waals surface area contributed by atoms with Crippen LogP contribution in [0, 0.1) is 10.1 Å². The molecule has 0 bridgehead atoms. The highest BCUT2D eigenvalue weighted by Gasteiger charge is 2.24. The SMILES string of the molecule is CN(C)CCN(C)S(=O)(=O)c1ccc([N+](=O)[O-])cc1N. The number of sulfonamides is 1. The van der Waals surface area contributed by atoms with E-state index in [4.69, 9.17) is 5.73 Å². The smallest absolute Gasteiger partial charge is 0.271 e. The summed E-state index contributed by atoms with van der Waals surface area (Å²) >= 11 is 0. The first-order chi connectivity index (χ1) is 9.16. The summed E-state index contributed by atoms with van der Waals surface area (Å²) < 4.78 is 25.8. The van der Waals surface area contributed by atoms with Crippen LogP contribution in [-0.2, 0) is 10.0 Å². The first-order valence-corrected chi connectivity index (χ1v) is 7.25. The number of nitrogen functional groups attached to an aromatic ring is 1. The van der Waals surface area contributed by atoms with Gasteiger partial charge in [0.15, 0.2) is 0 Å². The molecule has 0 saturated heterocycles. The van der Waals surface area contributed by atoms with Crippen LogP contribution in [0.3, 0.4) is 0 Å². The predicted octanol–water partition coefficient (Wildman–Crippen LogP) is 0.359. The van der Waals surface area contributed by atoms with Gasteiger partial charge in [-0.05, 0) is 20.2 Å². The van der Waals surface area contributed by atoms with Gasteiger partial charge in [-0.25, -0.2) is 8.42 Å². The Bertz CT molecular complexity index is 600. The quantitative estimate of drug-likeness (QED) is 0.461. The fourth-order valence-corrected chi connectivity index (χ4v) is 2.77. The monoisotopic (exact) mass is 302 g/mol. The second kappa shape index (κ2) is 6.16. The third-order valence-corrected chi connectivity index (χ3v) is 4.69. The molecule has 0 fully saturated rings. The highest BCUT2D eigenvalue weighted by molar-refractivity contribution is 7.89. The average Bonchev–Trinajstić information content (AvgIpc) is 2.35. The van der Waals surface area contributed by atoms with Crippen LogP contribution in [0.2, 0.25) is 0 Å². The molecule has 0 aliphatic carbocycles. The Balaban J connectivity index is 3.06. The number of anilines is 1. The number of hydrogen-bond donors (Lipinski definition) is 1. The van der Waals surface area contributed by atoms with Crippen LogP contribution in [0.5, 0.6) is 0 Å². The molecule has 0 radical (unpaired) electrons. The molecule has 0 spiro atoms. The van der Waals surface area contributed by atoms with Gasteiger partial charge in [0.2, 0.25) is 10.0 Å². The summed E-state index contributed by atoms with van der Waals surface area (Å²) in [6, 6.07) is 3.34. The van der Waals surface area contributed by atoms with E-state index in [0.29, 0.717) is 13.1 Å². The summed E-state index contributed by atoms with van der Waals surface area (Å²) in [5.74, 6) is 0. The molecule has 20 heavy (non-hydrogen) atoms. The minimum atomic E-state index is -3.75. The summed E-state index contributed by atoms with van der Waals surface area (Å²) in [7, 11) is 1.36. The fraction of sp³-hybridized carbons (Fsp3) is 0.455. The zero-order chi connectivity index (χ0) is 15.5. The number of hydrogen-bond acceptors (Lipinski definition) is 6. The van der Waals surface area contributed by atoms with Gasteiger partial charge in [-0.15, -0.1) is 0 Å². The van der Waals surface area contributed by atoms with Crippen molar-refractivity contribution in [3.63, 3.8) is 0 Å². The van der Waals surface area contributed by atoms with Gasteiger partial charge in [0.05, 0.1) is 10.6 Å². The number of nitro groups is 1. The maximum Gasteiger partial charge on any atom is 0.271 e. The van der Waals surface area contributed by atoms with E-state index in [0.717, 1.165) is 18.2 Å². The van der Waals surface area contributed by atoms with Crippen LogP contribution in [0.15, 0.2) is 23.1 Å². The van der Waals surface area contributed by atoms with E-state index >= 15 is 0 Å². The second-order valence-electron chi connectivity index (χ2n) is 4.61. The fourth-order valence-electron chi connectivity index (χ4n) is 1.51. The van der Waals surface area contributed by atoms with Gasteiger partial charge in [-0.3, -0.25) is 10.1 Å². The minimum Gasteiger partial charge on any atom is -0.397 e. The molecule has 2 N–H and O–H groups in total. The van der Waals surface area contributed by atoms with Crippen LogP contribution < -0.4 is 5.73 Å². The van der Waals surface area contributed by atoms with Crippen LogP contribution in [0.1, 0.15) is 0 Å². The van der Waals surface area contributed by atoms with E-state index in [-0.39, 0.29) is 16.3 Å². The molecule has 0 atom stereocenters. The second-order valence-corrected chi connectivity index (χ2v) is 6.62. The Morgan fingerprint density at radius 3 is 2.30 bits per heavy atom. The van der Waals surface area contributed by atoms with E-state index in [1.807, 2.05) is 19.0 Å². The molecule has 0 aromatic heterocycles. The number of non-ortho nitro benzene ring substituents is 1. The van der Waals surface area contributed by atoms with Crippen LogP contribution >= 0.6 is 0 Å². The van der Waals surface area contributed by atoms with Gasteiger partial charge in [0.1, 0.15) is 4.90 Å². The minimum absolute atomic E-state index is 0.121. The topological polar surface area (TPSA) is 110 Å². The van der Waals surface area contributed by atoms with Crippen molar-refractivity contribution in [2.45, 2.75) is 4.90 Å². The molecular formula is C11H18N4O4S. The number of nitrogens with zero attached hydrogens (tertiary/aromatic N) is 3. The Morgan fingerprint density at radius 2 is 1.85 bits per heavy atom. The first-order valence-electron chi connectivity index (χ1n) is 5.81. The van der Waals surface area contributed by atoms with Crippen molar-refractivity contribution in [3.05, 3.63) is 28.3 Å². The number of benzene rings is 1. The lowest BCUT2D eigenvalue weighted by Gasteiger charge is -2.20. The van der Waals surface area contributed by atoms with E-state index < -0.39 is 14.9 Å². The van der Waals surface area contributed by atoms with Gasteiger partial charge in [-0.2, -0.15) is 4.31 Å². The molecule has 0 aliphatic rings. The molecule has 0 saturated carbocycles. The molecule has 1 aromatic rings. The molecule has 9 heteroatoms. The third-order valence-electron chi connectivity index (χ3n) is 2.75. The summed E-state index contributed by atoms with van der Waals surface area (Å²) in [6.07, 6.45) is 0. The van der Waals surface area contributed by atoms with E-state index in [9.17, 15) is 18.5 Å². The van der Waals surface area contributed by atoms with Crippen LogP contribution in [-0.4, -0.2) is 56.8 Å². The number of nitrogens with two attached hydrogens (primary N) is 1. The molecule has 1 rings (SSSR count). The summed E-state index contributed by atoms with van der Waals surface area (Å²) in [5.41, 5.74) is 5.25. The molecule has 0 amide bonds. The van der Waals surface area contributed by atoms with Gasteiger partial charge in [-0.1, -0.05) is 0 Å². The van der Waals surface area contributed by atoms with Crippen molar-refractivity contribution in [3.8, 4) is 0 Å². The van der Waals surface area contributed by atoms with Crippen molar-refractivity contribution in [1.29, 1.82) is 0 Å². The molecular weight excluding hydrogens is 284 g/mol. The van der Waals surface area contributed by atoms with Gasteiger partial charge >= 0.3 is 0 Å². The molecule has 1 aromatic carbocycles. The van der Waals surface area contributed by atoms with E-state index in [2.05, 4.69) is 0 Å². The Kier molecular flexibility index (Phi) is 5.03. The molecule has 112 valence electrons. The van der Waals surface area contributed by atoms with Crippen molar-refractivity contribution >= 4 is 21.4 Å². The van der Waals surface area contributed by atoms with Crippen LogP contribution in [0.25, 0.3) is 0 Å². The average molecular weight is 302 g/mol. The largest absolute Gasteiger partial charge is 0.397 e. The maximum absolute atomic E-state index is 12.3. The van der Waals surface area contributed by atoms with Crippen molar-refractivity contribution in [2.75, 3.05) is 40.0 Å². The zero-order valence-corrected chi connectivity index (χ0v) is 12.4. The molecule has 8 nitrogen and oxygen atoms in total. The van der Waals surface area contributed by atoms with E-state index in [1.54, 1.807) is 0 Å². The first kappa shape index (κ1) is 16.3. The highest BCUT2D eigenvalue weighted by atomic mass is 32.2. The Morgan fingerprint density at radius 1 is 1.25 bits per heavy atom. The third kappa shape index (κ3) is 3.65. The highest BCUT2D eigenvalue weighted by Crippen LogP contribution is 2.25. The zero-order valence-electron chi connectivity index (χ0n) is 11.6. The lowest BCUT2D eigenvalue weighted by atomic mass is 10.3.